The Kier molecular flexibility index (Phi) is 3.51. The summed E-state index contributed by atoms with van der Waals surface area (Å²) in [5.41, 5.74) is -1.97. The van der Waals surface area contributed by atoms with Crippen molar-refractivity contribution in [3.63, 3.8) is 0 Å². The molecule has 2 N–H and O–H groups in total. The molecule has 0 aromatic carbocycles. The number of aromatic nitrogens is 2. The summed E-state index contributed by atoms with van der Waals surface area (Å²) in [6, 6.07) is 0.0626. The van der Waals surface area contributed by atoms with E-state index in [4.69, 9.17) is 0 Å². The first-order valence-electron chi connectivity index (χ1n) is 5.92. The molecule has 0 saturated carbocycles. The largest absolute Gasteiger partial charge is 0.492 e. The molecule has 1 aliphatic heterocycles. The van der Waals surface area contributed by atoms with Crippen LogP contribution in [-0.2, 0) is 6.54 Å². The zero-order chi connectivity index (χ0) is 13.3. The average Bonchev–Trinajstić information content (AvgIpc) is 2.34. The molecule has 1 aliphatic rings. The minimum Gasteiger partial charge on any atom is -0.492 e. The quantitative estimate of drug-likeness (QED) is 0.773. The first-order valence-corrected chi connectivity index (χ1v) is 5.92. The molecule has 0 radical (unpaired) electrons. The number of aromatic amines is 1. The molecule has 100 valence electrons. The fourth-order valence-electron chi connectivity index (χ4n) is 2.29. The molecule has 1 fully saturated rings. The second-order valence-electron chi connectivity index (χ2n) is 4.64. The number of hydrogen-bond donors (Lipinski definition) is 2. The van der Waals surface area contributed by atoms with Gasteiger partial charge in [-0.25, -0.2) is 4.79 Å². The maximum Gasteiger partial charge on any atom is 0.331 e. The molecule has 0 amide bonds. The van der Waals surface area contributed by atoms with Gasteiger partial charge in [-0.15, -0.1) is 0 Å². The average molecular weight is 257 g/mol. The van der Waals surface area contributed by atoms with Gasteiger partial charge in [-0.3, -0.25) is 14.3 Å². The number of halogens is 1. The van der Waals surface area contributed by atoms with Gasteiger partial charge >= 0.3 is 5.69 Å². The molecule has 1 saturated heterocycles. The number of aromatic hydroxyl groups is 1. The van der Waals surface area contributed by atoms with Crippen molar-refractivity contribution in [3.8, 4) is 5.88 Å². The summed E-state index contributed by atoms with van der Waals surface area (Å²) in [5, 5.41) is 9.53. The molecule has 1 aromatic heterocycles. The molecule has 0 aliphatic carbocycles. The number of nitrogens with zero attached hydrogens (tertiary/aromatic N) is 2. The van der Waals surface area contributed by atoms with Crippen molar-refractivity contribution in [1.82, 2.24) is 14.5 Å². The number of hydrogen-bond acceptors (Lipinski definition) is 4. The zero-order valence-electron chi connectivity index (χ0n) is 10.1. The van der Waals surface area contributed by atoms with E-state index in [1.54, 1.807) is 0 Å². The molecule has 0 bridgehead atoms. The van der Waals surface area contributed by atoms with Gasteiger partial charge in [-0.2, -0.15) is 4.39 Å². The van der Waals surface area contributed by atoms with Gasteiger partial charge in [0.05, 0.1) is 0 Å². The molecular formula is C11H16FN3O3. The summed E-state index contributed by atoms with van der Waals surface area (Å²) >= 11 is 0. The highest BCUT2D eigenvalue weighted by Gasteiger charge is 2.22. The van der Waals surface area contributed by atoms with E-state index >= 15 is 0 Å². The van der Waals surface area contributed by atoms with E-state index in [-0.39, 0.29) is 12.6 Å². The van der Waals surface area contributed by atoms with Gasteiger partial charge in [0.25, 0.3) is 5.56 Å². The summed E-state index contributed by atoms with van der Waals surface area (Å²) in [6.45, 7) is 1.08. The third-order valence-corrected chi connectivity index (χ3v) is 3.43. The van der Waals surface area contributed by atoms with E-state index in [1.165, 1.54) is 0 Å². The lowest BCUT2D eigenvalue weighted by molar-refractivity contribution is 0.160. The molecule has 7 heteroatoms. The van der Waals surface area contributed by atoms with Crippen LogP contribution in [0.5, 0.6) is 5.88 Å². The minimum atomic E-state index is -1.31. The van der Waals surface area contributed by atoms with Crippen molar-refractivity contribution in [3.05, 3.63) is 26.7 Å². The van der Waals surface area contributed by atoms with Gasteiger partial charge < -0.3 is 10.0 Å². The second kappa shape index (κ2) is 4.93. The van der Waals surface area contributed by atoms with Crippen molar-refractivity contribution >= 4 is 0 Å². The zero-order valence-corrected chi connectivity index (χ0v) is 10.1. The van der Waals surface area contributed by atoms with Gasteiger partial charge in [0.15, 0.2) is 0 Å². The van der Waals surface area contributed by atoms with Gasteiger partial charge in [0, 0.05) is 12.6 Å². The molecular weight excluding hydrogens is 241 g/mol. The van der Waals surface area contributed by atoms with E-state index in [2.05, 4.69) is 4.90 Å². The van der Waals surface area contributed by atoms with Crippen LogP contribution in [0, 0.1) is 5.82 Å². The number of nitrogens with one attached hydrogen (secondary N) is 1. The van der Waals surface area contributed by atoms with Crippen molar-refractivity contribution in [2.24, 2.45) is 0 Å². The molecule has 2 rings (SSSR count). The van der Waals surface area contributed by atoms with Crippen molar-refractivity contribution in [2.75, 3.05) is 13.6 Å². The van der Waals surface area contributed by atoms with Crippen LogP contribution in [0.15, 0.2) is 9.59 Å². The predicted molar refractivity (Wildman–Crippen MR) is 63.2 cm³/mol. The van der Waals surface area contributed by atoms with Crippen LogP contribution < -0.4 is 11.2 Å². The highest BCUT2D eigenvalue weighted by Crippen LogP contribution is 2.18. The number of likely N-dealkylation sites (N-methyl/N-ethyl adjacent to an activating group) is 1. The van der Waals surface area contributed by atoms with Crippen LogP contribution in [-0.4, -0.2) is 39.2 Å². The summed E-state index contributed by atoms with van der Waals surface area (Å²) in [5.74, 6) is -2.20. The Labute approximate surface area is 103 Å². The molecule has 2 heterocycles. The fraction of sp³-hybridized carbons (Fsp3) is 0.636. The minimum absolute atomic E-state index is 0.0626. The van der Waals surface area contributed by atoms with Gasteiger partial charge in [0.1, 0.15) is 0 Å². The first-order chi connectivity index (χ1) is 8.50. The third kappa shape index (κ3) is 2.31. The summed E-state index contributed by atoms with van der Waals surface area (Å²) < 4.78 is 14.1. The lowest BCUT2D eigenvalue weighted by Gasteiger charge is -2.32. The number of likely N-dealkylation sites (tertiary alicyclic amines) is 1. The standard InChI is InChI=1S/C11H16FN3O3/c1-14-5-3-2-4-7(14)6-15-10(17)8(12)9(16)13-11(15)18/h7,17H,2-6H2,1H3,(H,13,16,18). The maximum atomic E-state index is 13.3. The van der Waals surface area contributed by atoms with E-state index < -0.39 is 22.9 Å². The number of H-pyrrole nitrogens is 1. The Morgan fingerprint density at radius 2 is 2.17 bits per heavy atom. The lowest BCUT2D eigenvalue weighted by atomic mass is 10.0. The Hall–Kier alpha value is -1.63. The maximum absolute atomic E-state index is 13.3. The Morgan fingerprint density at radius 1 is 1.44 bits per heavy atom. The van der Waals surface area contributed by atoms with Crippen molar-refractivity contribution < 1.29 is 9.50 Å². The smallest absolute Gasteiger partial charge is 0.331 e. The van der Waals surface area contributed by atoms with Crippen LogP contribution in [0.4, 0.5) is 4.39 Å². The number of piperidine rings is 1. The van der Waals surface area contributed by atoms with Crippen LogP contribution in [0.3, 0.4) is 0 Å². The molecule has 18 heavy (non-hydrogen) atoms. The molecule has 1 aromatic rings. The Morgan fingerprint density at radius 3 is 2.83 bits per heavy atom. The fourth-order valence-corrected chi connectivity index (χ4v) is 2.29. The molecule has 6 nitrogen and oxygen atoms in total. The van der Waals surface area contributed by atoms with Gasteiger partial charge in [-0.1, -0.05) is 6.42 Å². The van der Waals surface area contributed by atoms with Crippen molar-refractivity contribution in [2.45, 2.75) is 31.8 Å². The number of rotatable bonds is 2. The first kappa shape index (κ1) is 12.8. The van der Waals surface area contributed by atoms with Crippen LogP contribution in [0.25, 0.3) is 0 Å². The summed E-state index contributed by atoms with van der Waals surface area (Å²) in [4.78, 5) is 26.4. The Balaban J connectivity index is 2.32. The van der Waals surface area contributed by atoms with Crippen molar-refractivity contribution in [1.29, 1.82) is 0 Å². The van der Waals surface area contributed by atoms with Gasteiger partial charge in [-0.05, 0) is 26.4 Å². The monoisotopic (exact) mass is 257 g/mol. The molecule has 1 atom stereocenters. The second-order valence-corrected chi connectivity index (χ2v) is 4.64. The van der Waals surface area contributed by atoms with Gasteiger partial charge in [0.2, 0.25) is 11.7 Å². The van der Waals surface area contributed by atoms with E-state index in [0.717, 1.165) is 30.4 Å². The summed E-state index contributed by atoms with van der Waals surface area (Å²) in [7, 11) is 1.92. The van der Waals surface area contributed by atoms with Crippen LogP contribution >= 0.6 is 0 Å². The van der Waals surface area contributed by atoms with Crippen LogP contribution in [0.1, 0.15) is 19.3 Å². The third-order valence-electron chi connectivity index (χ3n) is 3.43. The molecule has 0 spiro atoms. The summed E-state index contributed by atoms with van der Waals surface area (Å²) in [6.07, 6.45) is 3.01. The highest BCUT2D eigenvalue weighted by molar-refractivity contribution is 5.09. The normalized spacial score (nSPS) is 21.1. The SMILES string of the molecule is CN1CCCCC1Cn1c(O)c(F)c(=O)[nH]c1=O. The van der Waals surface area contributed by atoms with E-state index in [9.17, 15) is 19.1 Å². The van der Waals surface area contributed by atoms with Crippen LogP contribution in [0.2, 0.25) is 0 Å². The molecule has 1 unspecified atom stereocenters. The predicted octanol–water partition coefficient (Wildman–Crippen LogP) is -0.134. The van der Waals surface area contributed by atoms with E-state index in [0.29, 0.717) is 0 Å². The highest BCUT2D eigenvalue weighted by atomic mass is 19.1. The van der Waals surface area contributed by atoms with E-state index in [1.807, 2.05) is 12.0 Å². The topological polar surface area (TPSA) is 78.3 Å². The lowest BCUT2D eigenvalue weighted by Crippen LogP contribution is -2.43. The Bertz CT molecular complexity index is 551.